The molecule has 1 N–H and O–H groups in total. The van der Waals surface area contributed by atoms with Crippen molar-refractivity contribution in [1.82, 2.24) is 9.36 Å². The van der Waals surface area contributed by atoms with E-state index in [0.29, 0.717) is 11.0 Å². The van der Waals surface area contributed by atoms with Crippen LogP contribution in [0.4, 0.5) is 5.13 Å². The van der Waals surface area contributed by atoms with Crippen LogP contribution in [-0.4, -0.2) is 28.3 Å². The molecule has 0 atom stereocenters. The average molecular weight is 257 g/mol. The monoisotopic (exact) mass is 257 g/mol. The first-order chi connectivity index (χ1) is 7.82. The average Bonchev–Trinajstić information content (AvgIpc) is 2.64. The number of nitrogens with one attached hydrogen (secondary N) is 1. The van der Waals surface area contributed by atoms with Gasteiger partial charge in [0.05, 0.1) is 7.11 Å². The van der Waals surface area contributed by atoms with E-state index in [0.717, 1.165) is 11.5 Å². The second kappa shape index (κ2) is 5.22. The maximum atomic E-state index is 11.7. The summed E-state index contributed by atoms with van der Waals surface area (Å²) in [6.07, 6.45) is 0.0123. The zero-order chi connectivity index (χ0) is 13.1. The third-order valence-electron chi connectivity index (χ3n) is 1.90. The molecule has 0 aliphatic rings. The zero-order valence-electron chi connectivity index (χ0n) is 10.2. The Morgan fingerprint density at radius 2 is 2.06 bits per heavy atom. The molecule has 0 saturated heterocycles. The number of methoxy groups -OCH3 is 1. The molecule has 0 saturated carbocycles. The van der Waals surface area contributed by atoms with Gasteiger partial charge >= 0.3 is 5.97 Å². The van der Waals surface area contributed by atoms with E-state index in [-0.39, 0.29) is 12.3 Å². The van der Waals surface area contributed by atoms with E-state index in [1.54, 1.807) is 20.8 Å². The number of amides is 1. The molecular formula is C10H15N3O3S. The minimum atomic E-state index is -0.492. The van der Waals surface area contributed by atoms with E-state index < -0.39 is 11.4 Å². The molecule has 1 aromatic heterocycles. The molecule has 1 heterocycles. The number of carbonyl (C=O) groups is 2. The maximum absolute atomic E-state index is 11.7. The third kappa shape index (κ3) is 4.10. The predicted octanol–water partition coefficient (Wildman–Crippen LogP) is 1.24. The van der Waals surface area contributed by atoms with E-state index in [9.17, 15) is 9.59 Å². The van der Waals surface area contributed by atoms with Crippen LogP contribution in [0.3, 0.4) is 0 Å². The summed E-state index contributed by atoms with van der Waals surface area (Å²) in [5.41, 5.74) is -0.492. The Morgan fingerprint density at radius 3 is 2.59 bits per heavy atom. The summed E-state index contributed by atoms with van der Waals surface area (Å²) in [6.45, 7) is 5.41. The molecule has 0 radical (unpaired) electrons. The summed E-state index contributed by atoms with van der Waals surface area (Å²) in [5, 5.41) is 3.04. The maximum Gasteiger partial charge on any atom is 0.313 e. The van der Waals surface area contributed by atoms with Crippen molar-refractivity contribution in [3.8, 4) is 0 Å². The summed E-state index contributed by atoms with van der Waals surface area (Å²) in [6, 6.07) is 0. The number of ether oxygens (including phenoxy) is 1. The van der Waals surface area contributed by atoms with Crippen LogP contribution in [-0.2, 0) is 20.7 Å². The predicted molar refractivity (Wildman–Crippen MR) is 63.7 cm³/mol. The van der Waals surface area contributed by atoms with Gasteiger partial charge in [0.1, 0.15) is 6.42 Å². The van der Waals surface area contributed by atoms with Gasteiger partial charge in [-0.2, -0.15) is 4.37 Å². The van der Waals surface area contributed by atoms with Gasteiger partial charge in [-0.05, 0) is 0 Å². The second-order valence-electron chi connectivity index (χ2n) is 4.47. The topological polar surface area (TPSA) is 81.2 Å². The van der Waals surface area contributed by atoms with Crippen molar-refractivity contribution in [2.45, 2.75) is 27.2 Å². The number of anilines is 1. The first-order valence-electron chi connectivity index (χ1n) is 5.04. The van der Waals surface area contributed by atoms with E-state index in [1.165, 1.54) is 7.11 Å². The number of aromatic nitrogens is 2. The van der Waals surface area contributed by atoms with Crippen molar-refractivity contribution < 1.29 is 14.3 Å². The van der Waals surface area contributed by atoms with E-state index in [4.69, 9.17) is 0 Å². The molecular weight excluding hydrogens is 242 g/mol. The molecule has 1 amide bonds. The molecule has 94 valence electrons. The van der Waals surface area contributed by atoms with Crippen molar-refractivity contribution in [3.05, 3.63) is 5.82 Å². The van der Waals surface area contributed by atoms with Crippen LogP contribution in [0.15, 0.2) is 0 Å². The summed E-state index contributed by atoms with van der Waals surface area (Å²) in [4.78, 5) is 26.7. The fourth-order valence-corrected chi connectivity index (χ4v) is 1.44. The van der Waals surface area contributed by atoms with Crippen LogP contribution in [0.5, 0.6) is 0 Å². The number of carbonyl (C=O) groups excluding carboxylic acids is 2. The van der Waals surface area contributed by atoms with Gasteiger partial charge in [-0.1, -0.05) is 20.8 Å². The van der Waals surface area contributed by atoms with Crippen LogP contribution in [0, 0.1) is 5.41 Å². The molecule has 17 heavy (non-hydrogen) atoms. The molecule has 1 rings (SSSR count). The van der Waals surface area contributed by atoms with Crippen molar-refractivity contribution in [2.75, 3.05) is 12.4 Å². The summed E-state index contributed by atoms with van der Waals surface area (Å²) in [5.74, 6) is -0.194. The molecule has 0 unspecified atom stereocenters. The Kier molecular flexibility index (Phi) is 4.17. The van der Waals surface area contributed by atoms with Gasteiger partial charge in [0.2, 0.25) is 11.0 Å². The zero-order valence-corrected chi connectivity index (χ0v) is 11.1. The van der Waals surface area contributed by atoms with Crippen LogP contribution < -0.4 is 5.32 Å². The fraction of sp³-hybridized carbons (Fsp3) is 0.600. The Hall–Kier alpha value is -1.50. The fourth-order valence-electron chi connectivity index (χ4n) is 0.862. The molecule has 1 aromatic rings. The van der Waals surface area contributed by atoms with Crippen molar-refractivity contribution >= 4 is 28.5 Å². The van der Waals surface area contributed by atoms with Gasteiger partial charge in [-0.3, -0.25) is 9.59 Å². The van der Waals surface area contributed by atoms with Gasteiger partial charge in [0, 0.05) is 16.9 Å². The second-order valence-corrected chi connectivity index (χ2v) is 5.22. The highest BCUT2D eigenvalue weighted by atomic mass is 32.1. The molecule has 0 fully saturated rings. The third-order valence-corrected chi connectivity index (χ3v) is 2.57. The molecule has 0 aliphatic heterocycles. The SMILES string of the molecule is COC(=O)Cc1nsc(NC(=O)C(C)(C)C)n1. The van der Waals surface area contributed by atoms with Gasteiger partial charge in [0.25, 0.3) is 0 Å². The lowest BCUT2D eigenvalue weighted by Crippen LogP contribution is -2.27. The summed E-state index contributed by atoms with van der Waals surface area (Å²) < 4.78 is 8.45. The Bertz CT molecular complexity index is 423. The minimum Gasteiger partial charge on any atom is -0.469 e. The lowest BCUT2D eigenvalue weighted by molar-refractivity contribution is -0.139. The van der Waals surface area contributed by atoms with Crippen molar-refractivity contribution in [2.24, 2.45) is 5.41 Å². The van der Waals surface area contributed by atoms with E-state index in [2.05, 4.69) is 19.4 Å². The van der Waals surface area contributed by atoms with Gasteiger partial charge in [-0.25, -0.2) is 4.98 Å². The summed E-state index contributed by atoms with van der Waals surface area (Å²) in [7, 11) is 1.30. The molecule has 6 nitrogen and oxygen atoms in total. The molecule has 7 heteroatoms. The van der Waals surface area contributed by atoms with Crippen LogP contribution in [0.25, 0.3) is 0 Å². The van der Waals surface area contributed by atoms with Gasteiger partial charge in [0.15, 0.2) is 5.82 Å². The van der Waals surface area contributed by atoms with E-state index in [1.807, 2.05) is 0 Å². The number of hydrogen-bond donors (Lipinski definition) is 1. The smallest absolute Gasteiger partial charge is 0.313 e. The highest BCUT2D eigenvalue weighted by Crippen LogP contribution is 2.18. The highest BCUT2D eigenvalue weighted by Gasteiger charge is 2.22. The largest absolute Gasteiger partial charge is 0.469 e. The van der Waals surface area contributed by atoms with Crippen LogP contribution >= 0.6 is 11.5 Å². The standard InChI is InChI=1S/C10H15N3O3S/c1-10(2,3)8(15)12-9-11-6(13-17-9)5-7(14)16-4/h5H2,1-4H3,(H,11,12,13,15). The first kappa shape index (κ1) is 13.6. The van der Waals surface area contributed by atoms with Crippen LogP contribution in [0.1, 0.15) is 26.6 Å². The Morgan fingerprint density at radius 1 is 1.41 bits per heavy atom. The quantitative estimate of drug-likeness (QED) is 0.824. The first-order valence-corrected chi connectivity index (χ1v) is 5.81. The highest BCUT2D eigenvalue weighted by molar-refractivity contribution is 7.09. The number of esters is 1. The lowest BCUT2D eigenvalue weighted by Gasteiger charge is -2.15. The Balaban J connectivity index is 2.63. The van der Waals surface area contributed by atoms with E-state index >= 15 is 0 Å². The number of nitrogens with zero attached hydrogens (tertiary/aromatic N) is 2. The number of rotatable bonds is 3. The minimum absolute atomic E-state index is 0.0123. The lowest BCUT2D eigenvalue weighted by atomic mass is 9.96. The molecule has 0 aromatic carbocycles. The normalized spacial score (nSPS) is 11.1. The van der Waals surface area contributed by atoms with Crippen molar-refractivity contribution in [1.29, 1.82) is 0 Å². The summed E-state index contributed by atoms with van der Waals surface area (Å²) >= 11 is 1.05. The van der Waals surface area contributed by atoms with Crippen molar-refractivity contribution in [3.63, 3.8) is 0 Å². The van der Waals surface area contributed by atoms with Gasteiger partial charge in [-0.15, -0.1) is 0 Å². The Labute approximate surface area is 104 Å². The number of hydrogen-bond acceptors (Lipinski definition) is 6. The van der Waals surface area contributed by atoms with Crippen LogP contribution in [0.2, 0.25) is 0 Å². The molecule has 0 aliphatic carbocycles. The van der Waals surface area contributed by atoms with Gasteiger partial charge < -0.3 is 10.1 Å². The molecule has 0 spiro atoms. The molecule has 0 bridgehead atoms.